The highest BCUT2D eigenvalue weighted by molar-refractivity contribution is 5.54. The van der Waals surface area contributed by atoms with Crippen LogP contribution in [-0.2, 0) is 12.8 Å². The van der Waals surface area contributed by atoms with Gasteiger partial charge in [-0.2, -0.15) is 0 Å². The van der Waals surface area contributed by atoms with Crippen LogP contribution in [0.5, 0.6) is 28.7 Å². The molecule has 1 aliphatic rings. The SMILES string of the molecule is COc1cccc(CCc2cc(O)c3c(c2)OCO3)c1O. The number of para-hydroxylation sites is 1. The third-order valence-corrected chi connectivity index (χ3v) is 3.50. The van der Waals surface area contributed by atoms with Crippen LogP contribution in [0.4, 0.5) is 0 Å². The fourth-order valence-corrected chi connectivity index (χ4v) is 2.40. The summed E-state index contributed by atoms with van der Waals surface area (Å²) in [7, 11) is 1.52. The molecule has 2 N–H and O–H groups in total. The van der Waals surface area contributed by atoms with Crippen molar-refractivity contribution >= 4 is 0 Å². The Balaban J connectivity index is 1.78. The summed E-state index contributed by atoms with van der Waals surface area (Å²) >= 11 is 0. The highest BCUT2D eigenvalue weighted by Gasteiger charge is 2.19. The fraction of sp³-hybridized carbons (Fsp3) is 0.250. The van der Waals surface area contributed by atoms with E-state index >= 15 is 0 Å². The van der Waals surface area contributed by atoms with Crippen LogP contribution < -0.4 is 14.2 Å². The zero-order chi connectivity index (χ0) is 14.8. The molecule has 0 spiro atoms. The van der Waals surface area contributed by atoms with Gasteiger partial charge in [-0.05, 0) is 42.2 Å². The average molecular weight is 288 g/mol. The molecule has 3 rings (SSSR count). The molecule has 5 heteroatoms. The number of hydrogen-bond acceptors (Lipinski definition) is 5. The first-order chi connectivity index (χ1) is 10.2. The highest BCUT2D eigenvalue weighted by Crippen LogP contribution is 2.41. The van der Waals surface area contributed by atoms with E-state index < -0.39 is 0 Å². The van der Waals surface area contributed by atoms with Gasteiger partial charge < -0.3 is 24.4 Å². The number of fused-ring (bicyclic) bond motifs is 1. The number of ether oxygens (including phenoxy) is 3. The van der Waals surface area contributed by atoms with Crippen LogP contribution in [0, 0.1) is 0 Å². The minimum absolute atomic E-state index is 0.0786. The summed E-state index contributed by atoms with van der Waals surface area (Å²) in [6, 6.07) is 8.91. The molecule has 2 aromatic rings. The molecule has 21 heavy (non-hydrogen) atoms. The van der Waals surface area contributed by atoms with Gasteiger partial charge in [0.15, 0.2) is 23.0 Å². The first-order valence-corrected chi connectivity index (χ1v) is 6.65. The molecule has 0 saturated heterocycles. The quantitative estimate of drug-likeness (QED) is 0.905. The first-order valence-electron chi connectivity index (χ1n) is 6.65. The molecule has 0 amide bonds. The topological polar surface area (TPSA) is 68.2 Å². The summed E-state index contributed by atoms with van der Waals surface area (Å²) in [5, 5.41) is 19.9. The van der Waals surface area contributed by atoms with Crippen molar-refractivity contribution in [1.82, 2.24) is 0 Å². The Hall–Kier alpha value is -2.56. The normalized spacial score (nSPS) is 12.4. The number of phenols is 2. The van der Waals surface area contributed by atoms with E-state index in [1.165, 1.54) is 7.11 Å². The lowest BCUT2D eigenvalue weighted by atomic mass is 10.0. The van der Waals surface area contributed by atoms with E-state index in [1.54, 1.807) is 12.1 Å². The first kappa shape index (κ1) is 13.4. The standard InChI is InChI=1S/C16H16O5/c1-19-13-4-2-3-11(15(13)18)6-5-10-7-12(17)16-14(8-10)20-9-21-16/h2-4,7-8,17-18H,5-6,9H2,1H3. The van der Waals surface area contributed by atoms with E-state index in [9.17, 15) is 10.2 Å². The summed E-state index contributed by atoms with van der Waals surface area (Å²) in [6.45, 7) is 0.128. The molecule has 0 bridgehead atoms. The largest absolute Gasteiger partial charge is 0.504 e. The zero-order valence-electron chi connectivity index (χ0n) is 11.6. The second kappa shape index (κ2) is 5.44. The van der Waals surface area contributed by atoms with E-state index in [1.807, 2.05) is 18.2 Å². The third kappa shape index (κ3) is 2.54. The number of aryl methyl sites for hydroxylation is 2. The van der Waals surface area contributed by atoms with E-state index in [0.717, 1.165) is 11.1 Å². The maximum atomic E-state index is 10.1. The van der Waals surface area contributed by atoms with Crippen LogP contribution in [0.2, 0.25) is 0 Å². The second-order valence-corrected chi connectivity index (χ2v) is 4.82. The number of phenolic OH excluding ortho intramolecular Hbond substituents is 2. The predicted molar refractivity (Wildman–Crippen MR) is 76.3 cm³/mol. The van der Waals surface area contributed by atoms with Gasteiger partial charge in [-0.3, -0.25) is 0 Å². The Morgan fingerprint density at radius 1 is 1.14 bits per heavy atom. The number of rotatable bonds is 4. The Kier molecular flexibility index (Phi) is 3.48. The summed E-state index contributed by atoms with van der Waals surface area (Å²) in [5.41, 5.74) is 1.71. The number of aromatic hydroxyl groups is 2. The lowest BCUT2D eigenvalue weighted by Crippen LogP contribution is -1.94. The van der Waals surface area contributed by atoms with Gasteiger partial charge in [-0.1, -0.05) is 12.1 Å². The molecule has 110 valence electrons. The van der Waals surface area contributed by atoms with Gasteiger partial charge >= 0.3 is 0 Å². The fourth-order valence-electron chi connectivity index (χ4n) is 2.40. The molecule has 0 aliphatic carbocycles. The van der Waals surface area contributed by atoms with Crippen molar-refractivity contribution in [2.45, 2.75) is 12.8 Å². The van der Waals surface area contributed by atoms with Crippen molar-refractivity contribution in [3.8, 4) is 28.7 Å². The molecule has 0 unspecified atom stereocenters. The van der Waals surface area contributed by atoms with Gasteiger partial charge in [-0.25, -0.2) is 0 Å². The van der Waals surface area contributed by atoms with Gasteiger partial charge in [0.25, 0.3) is 0 Å². The zero-order valence-corrected chi connectivity index (χ0v) is 11.6. The molecule has 0 radical (unpaired) electrons. The van der Waals surface area contributed by atoms with E-state index in [-0.39, 0.29) is 18.3 Å². The average Bonchev–Trinajstić information content (AvgIpc) is 2.95. The van der Waals surface area contributed by atoms with E-state index in [0.29, 0.717) is 30.1 Å². The number of methoxy groups -OCH3 is 1. The van der Waals surface area contributed by atoms with Crippen molar-refractivity contribution < 1.29 is 24.4 Å². The lowest BCUT2D eigenvalue weighted by Gasteiger charge is -2.09. The van der Waals surface area contributed by atoms with Crippen LogP contribution in [0.25, 0.3) is 0 Å². The highest BCUT2D eigenvalue weighted by atomic mass is 16.7. The number of hydrogen-bond donors (Lipinski definition) is 2. The molecule has 0 aromatic heterocycles. The second-order valence-electron chi connectivity index (χ2n) is 4.82. The molecular formula is C16H16O5. The van der Waals surface area contributed by atoms with Crippen molar-refractivity contribution in [1.29, 1.82) is 0 Å². The van der Waals surface area contributed by atoms with Crippen molar-refractivity contribution in [2.24, 2.45) is 0 Å². The van der Waals surface area contributed by atoms with Gasteiger partial charge in [0.2, 0.25) is 12.5 Å². The molecule has 2 aromatic carbocycles. The summed E-state index contributed by atoms with van der Waals surface area (Å²) in [6.07, 6.45) is 1.28. The number of benzene rings is 2. The smallest absolute Gasteiger partial charge is 0.231 e. The molecular weight excluding hydrogens is 272 g/mol. The maximum absolute atomic E-state index is 10.1. The minimum atomic E-state index is 0.0786. The molecule has 0 saturated carbocycles. The lowest BCUT2D eigenvalue weighted by molar-refractivity contribution is 0.171. The molecule has 1 heterocycles. The van der Waals surface area contributed by atoms with Crippen LogP contribution in [0.3, 0.4) is 0 Å². The van der Waals surface area contributed by atoms with Crippen LogP contribution >= 0.6 is 0 Å². The Morgan fingerprint density at radius 3 is 2.81 bits per heavy atom. The minimum Gasteiger partial charge on any atom is -0.504 e. The third-order valence-electron chi connectivity index (χ3n) is 3.50. The van der Waals surface area contributed by atoms with Crippen molar-refractivity contribution in [3.63, 3.8) is 0 Å². The molecule has 0 fully saturated rings. The summed E-state index contributed by atoms with van der Waals surface area (Å²) < 4.78 is 15.5. The van der Waals surface area contributed by atoms with E-state index in [2.05, 4.69) is 0 Å². The van der Waals surface area contributed by atoms with Gasteiger partial charge in [-0.15, -0.1) is 0 Å². The van der Waals surface area contributed by atoms with Crippen LogP contribution in [0.1, 0.15) is 11.1 Å². The van der Waals surface area contributed by atoms with E-state index in [4.69, 9.17) is 14.2 Å². The monoisotopic (exact) mass is 288 g/mol. The van der Waals surface area contributed by atoms with Gasteiger partial charge in [0, 0.05) is 0 Å². The molecule has 5 nitrogen and oxygen atoms in total. The van der Waals surface area contributed by atoms with Crippen LogP contribution in [-0.4, -0.2) is 24.1 Å². The van der Waals surface area contributed by atoms with Crippen molar-refractivity contribution in [2.75, 3.05) is 13.9 Å². The Bertz CT molecular complexity index is 666. The van der Waals surface area contributed by atoms with Crippen LogP contribution in [0.15, 0.2) is 30.3 Å². The van der Waals surface area contributed by atoms with Gasteiger partial charge in [0.05, 0.1) is 7.11 Å². The molecule has 0 atom stereocenters. The molecule has 1 aliphatic heterocycles. The predicted octanol–water partition coefficient (Wildman–Crippen LogP) is 2.62. The summed E-state index contributed by atoms with van der Waals surface area (Å²) in [4.78, 5) is 0. The van der Waals surface area contributed by atoms with Crippen molar-refractivity contribution in [3.05, 3.63) is 41.5 Å². The summed E-state index contributed by atoms with van der Waals surface area (Å²) in [5.74, 6) is 1.64. The Morgan fingerprint density at radius 2 is 2.00 bits per heavy atom. The maximum Gasteiger partial charge on any atom is 0.231 e. The Labute approximate surface area is 122 Å². The van der Waals surface area contributed by atoms with Gasteiger partial charge in [0.1, 0.15) is 0 Å².